The monoisotopic (exact) mass is 267 g/mol. The molecular weight excluding hydrogens is 252 g/mol. The van der Waals surface area contributed by atoms with Gasteiger partial charge < -0.3 is 15.2 Å². The number of halogens is 3. The Morgan fingerprint density at radius 2 is 1.94 bits per heavy atom. The normalized spacial score (nSPS) is 11.9. The van der Waals surface area contributed by atoms with E-state index in [1.807, 2.05) is 0 Å². The van der Waals surface area contributed by atoms with E-state index in [-0.39, 0.29) is 12.4 Å². The Morgan fingerprint density at radius 1 is 1.29 bits per heavy atom. The van der Waals surface area contributed by atoms with Crippen LogP contribution in [0.15, 0.2) is 18.2 Å². The molecule has 0 aliphatic heterocycles. The lowest BCUT2D eigenvalue weighted by molar-refractivity contribution is 0.116. The molecule has 0 spiro atoms. The maximum atomic E-state index is 12.4. The second-order valence-corrected chi connectivity index (χ2v) is 3.20. The molecular formula is C11H16ClF2NO2. The van der Waals surface area contributed by atoms with Crippen molar-refractivity contribution < 1.29 is 18.3 Å². The zero-order valence-corrected chi connectivity index (χ0v) is 10.5. The Morgan fingerprint density at radius 3 is 2.41 bits per heavy atom. The zero-order chi connectivity index (χ0) is 12.1. The molecule has 17 heavy (non-hydrogen) atoms. The van der Waals surface area contributed by atoms with Crippen LogP contribution in [-0.4, -0.2) is 20.1 Å². The number of alkyl halides is 2. The molecule has 0 saturated carbocycles. The van der Waals surface area contributed by atoms with Crippen LogP contribution in [0.2, 0.25) is 0 Å². The first-order chi connectivity index (χ1) is 7.60. The van der Waals surface area contributed by atoms with Crippen LogP contribution in [0.3, 0.4) is 0 Å². The van der Waals surface area contributed by atoms with Gasteiger partial charge in [-0.2, -0.15) is 0 Å². The number of methoxy groups -OCH3 is 1. The van der Waals surface area contributed by atoms with E-state index in [1.165, 1.54) is 19.2 Å². The average molecular weight is 268 g/mol. The second-order valence-electron chi connectivity index (χ2n) is 3.20. The molecule has 1 aromatic carbocycles. The molecule has 0 fully saturated rings. The first-order valence-electron chi connectivity index (χ1n) is 4.94. The van der Waals surface area contributed by atoms with Crippen LogP contribution in [0.5, 0.6) is 11.5 Å². The van der Waals surface area contributed by atoms with Crippen LogP contribution >= 0.6 is 12.4 Å². The summed E-state index contributed by atoms with van der Waals surface area (Å²) in [7, 11) is 1.49. The maximum Gasteiger partial charge on any atom is 0.257 e. The highest BCUT2D eigenvalue weighted by Crippen LogP contribution is 2.31. The van der Waals surface area contributed by atoms with E-state index < -0.39 is 12.5 Å². The molecule has 0 amide bonds. The van der Waals surface area contributed by atoms with Gasteiger partial charge in [0.1, 0.15) is 0 Å². The molecule has 1 atom stereocenters. The molecule has 0 saturated heterocycles. The molecule has 1 aromatic rings. The smallest absolute Gasteiger partial charge is 0.257 e. The Labute approximate surface area is 105 Å². The lowest BCUT2D eigenvalue weighted by atomic mass is 10.1. The largest absolute Gasteiger partial charge is 0.493 e. The van der Waals surface area contributed by atoms with Crippen molar-refractivity contribution in [3.05, 3.63) is 23.8 Å². The van der Waals surface area contributed by atoms with Gasteiger partial charge in [-0.3, -0.25) is 0 Å². The number of ether oxygens (including phenoxy) is 2. The summed E-state index contributed by atoms with van der Waals surface area (Å²) in [5.74, 6) is 0.936. The fourth-order valence-corrected chi connectivity index (χ4v) is 1.31. The molecule has 3 nitrogen and oxygen atoms in total. The first kappa shape index (κ1) is 15.9. The van der Waals surface area contributed by atoms with Gasteiger partial charge in [-0.15, -0.1) is 12.4 Å². The summed E-state index contributed by atoms with van der Waals surface area (Å²) in [5, 5.41) is 0. The van der Waals surface area contributed by atoms with Gasteiger partial charge in [0.2, 0.25) is 0 Å². The lowest BCUT2D eigenvalue weighted by Crippen LogP contribution is -2.18. The summed E-state index contributed by atoms with van der Waals surface area (Å²) in [6, 6.07) is 3.27. The van der Waals surface area contributed by atoms with Crippen molar-refractivity contribution in [1.82, 2.24) is 0 Å². The summed E-state index contributed by atoms with van der Waals surface area (Å²) in [4.78, 5) is 0. The minimum absolute atomic E-state index is 0. The molecule has 2 N–H and O–H groups in total. The molecule has 6 heteroatoms. The predicted octanol–water partition coefficient (Wildman–Crippen LogP) is 2.78. The third-order valence-corrected chi connectivity index (χ3v) is 2.14. The van der Waals surface area contributed by atoms with Crippen molar-refractivity contribution in [2.75, 3.05) is 13.7 Å². The van der Waals surface area contributed by atoms with E-state index in [4.69, 9.17) is 15.2 Å². The van der Waals surface area contributed by atoms with Crippen LogP contribution in [0.1, 0.15) is 18.5 Å². The van der Waals surface area contributed by atoms with Crippen molar-refractivity contribution in [2.24, 2.45) is 5.73 Å². The van der Waals surface area contributed by atoms with Crippen molar-refractivity contribution in [1.29, 1.82) is 0 Å². The molecule has 0 bridgehead atoms. The fraction of sp³-hybridized carbons (Fsp3) is 0.455. The Hall–Kier alpha value is -1.07. The van der Waals surface area contributed by atoms with Crippen molar-refractivity contribution in [3.8, 4) is 11.5 Å². The van der Waals surface area contributed by atoms with Gasteiger partial charge in [-0.1, -0.05) is 6.07 Å². The molecule has 0 radical (unpaired) electrons. The van der Waals surface area contributed by atoms with Gasteiger partial charge in [0.25, 0.3) is 6.43 Å². The SMILES string of the molecule is CCOc1cc([C@@H](N)C(F)F)ccc1OC.Cl. The van der Waals surface area contributed by atoms with Crippen LogP contribution in [0.25, 0.3) is 0 Å². The van der Waals surface area contributed by atoms with E-state index in [2.05, 4.69) is 0 Å². The summed E-state index contributed by atoms with van der Waals surface area (Å²) >= 11 is 0. The maximum absolute atomic E-state index is 12.4. The van der Waals surface area contributed by atoms with E-state index >= 15 is 0 Å². The predicted molar refractivity (Wildman–Crippen MR) is 64.3 cm³/mol. The van der Waals surface area contributed by atoms with Crippen LogP contribution in [0.4, 0.5) is 8.78 Å². The molecule has 0 aliphatic carbocycles. The van der Waals surface area contributed by atoms with Crippen LogP contribution in [-0.2, 0) is 0 Å². The van der Waals surface area contributed by atoms with Gasteiger partial charge in [0, 0.05) is 0 Å². The van der Waals surface area contributed by atoms with Gasteiger partial charge in [-0.05, 0) is 24.6 Å². The van der Waals surface area contributed by atoms with Crippen LogP contribution < -0.4 is 15.2 Å². The summed E-state index contributed by atoms with van der Waals surface area (Å²) in [5.41, 5.74) is 5.68. The highest BCUT2D eigenvalue weighted by atomic mass is 35.5. The molecule has 1 rings (SSSR count). The van der Waals surface area contributed by atoms with E-state index in [1.54, 1.807) is 13.0 Å². The van der Waals surface area contributed by atoms with E-state index in [0.29, 0.717) is 23.7 Å². The minimum atomic E-state index is -2.59. The van der Waals surface area contributed by atoms with Gasteiger partial charge in [0.05, 0.1) is 19.8 Å². The standard InChI is InChI=1S/C11H15F2NO2.ClH/c1-3-16-9-6-7(10(14)11(12)13)4-5-8(9)15-2;/h4-6,10-11H,3,14H2,1-2H3;1H/t10-;/m1./s1. The number of nitrogens with two attached hydrogens (primary N) is 1. The van der Waals surface area contributed by atoms with Crippen molar-refractivity contribution >= 4 is 12.4 Å². The molecule has 0 aliphatic rings. The fourth-order valence-electron chi connectivity index (χ4n) is 1.31. The second kappa shape index (κ2) is 7.29. The zero-order valence-electron chi connectivity index (χ0n) is 9.65. The van der Waals surface area contributed by atoms with Crippen molar-refractivity contribution in [2.45, 2.75) is 19.4 Å². The quantitative estimate of drug-likeness (QED) is 0.892. The first-order valence-corrected chi connectivity index (χ1v) is 4.94. The molecule has 0 aromatic heterocycles. The minimum Gasteiger partial charge on any atom is -0.493 e. The van der Waals surface area contributed by atoms with Crippen LogP contribution in [0, 0.1) is 0 Å². The molecule has 98 valence electrons. The highest BCUT2D eigenvalue weighted by molar-refractivity contribution is 5.85. The van der Waals surface area contributed by atoms with E-state index in [0.717, 1.165) is 0 Å². The average Bonchev–Trinajstić information content (AvgIpc) is 2.28. The number of benzene rings is 1. The van der Waals surface area contributed by atoms with Gasteiger partial charge >= 0.3 is 0 Å². The highest BCUT2D eigenvalue weighted by Gasteiger charge is 2.19. The van der Waals surface area contributed by atoms with Crippen molar-refractivity contribution in [3.63, 3.8) is 0 Å². The molecule has 0 unspecified atom stereocenters. The topological polar surface area (TPSA) is 44.5 Å². The molecule has 0 heterocycles. The summed E-state index contributed by atoms with van der Waals surface area (Å²) in [6.07, 6.45) is -2.59. The number of rotatable bonds is 5. The van der Waals surface area contributed by atoms with Gasteiger partial charge in [-0.25, -0.2) is 8.78 Å². The van der Waals surface area contributed by atoms with E-state index in [9.17, 15) is 8.78 Å². The Kier molecular flexibility index (Phi) is 6.83. The summed E-state index contributed by atoms with van der Waals surface area (Å²) in [6.45, 7) is 2.24. The third kappa shape index (κ3) is 4.02. The Bertz CT molecular complexity index is 350. The van der Waals surface area contributed by atoms with Gasteiger partial charge in [0.15, 0.2) is 11.5 Å². The number of hydrogen-bond acceptors (Lipinski definition) is 3. The summed E-state index contributed by atoms with van der Waals surface area (Å²) < 4.78 is 35.1. The third-order valence-electron chi connectivity index (χ3n) is 2.14. The number of hydrogen-bond donors (Lipinski definition) is 1. The lowest BCUT2D eigenvalue weighted by Gasteiger charge is -2.14. The Balaban J connectivity index is 0.00000256.